The summed E-state index contributed by atoms with van der Waals surface area (Å²) in [6, 6.07) is 10.8. The van der Waals surface area contributed by atoms with Crippen LogP contribution in [0.4, 0.5) is 0 Å². The van der Waals surface area contributed by atoms with Crippen LogP contribution in [0.15, 0.2) is 36.9 Å². The van der Waals surface area contributed by atoms with Crippen molar-refractivity contribution in [1.29, 1.82) is 0 Å². The summed E-state index contributed by atoms with van der Waals surface area (Å²) < 4.78 is 0. The van der Waals surface area contributed by atoms with E-state index in [0.29, 0.717) is 24.7 Å². The Hall–Kier alpha value is -1.02. The van der Waals surface area contributed by atoms with E-state index in [1.54, 1.807) is 11.1 Å². The van der Waals surface area contributed by atoms with Gasteiger partial charge in [0.15, 0.2) is 0 Å². The summed E-state index contributed by atoms with van der Waals surface area (Å²) in [6.07, 6.45) is 18.6. The molecule has 1 aromatic rings. The molecule has 0 aliphatic heterocycles. The second-order valence-corrected chi connectivity index (χ2v) is 11.8. The molecule has 0 amide bonds. The fourth-order valence-corrected chi connectivity index (χ4v) is 7.50. The van der Waals surface area contributed by atoms with Crippen LogP contribution in [-0.4, -0.2) is 23.7 Å². The molecule has 4 unspecified atom stereocenters. The van der Waals surface area contributed by atoms with Crippen molar-refractivity contribution in [3.8, 4) is 0 Å². The van der Waals surface area contributed by atoms with Gasteiger partial charge in [0, 0.05) is 0 Å². The van der Waals surface area contributed by atoms with E-state index in [4.69, 9.17) is 0 Å². The monoisotopic (exact) mass is 449 g/mol. The summed E-state index contributed by atoms with van der Waals surface area (Å²) in [5.41, 5.74) is 3.39. The Morgan fingerprint density at radius 2 is 1.67 bits per heavy atom. The minimum Gasteiger partial charge on any atom is -0.337 e. The van der Waals surface area contributed by atoms with Gasteiger partial charge in [-0.1, -0.05) is 116 Å². The number of allylic oxidation sites excluding steroid dienone is 1. The van der Waals surface area contributed by atoms with Gasteiger partial charge in [-0.15, -0.1) is 6.58 Å². The van der Waals surface area contributed by atoms with Gasteiger partial charge in [0.25, 0.3) is 0 Å². The van der Waals surface area contributed by atoms with Crippen molar-refractivity contribution in [3.05, 3.63) is 48.0 Å². The third kappa shape index (κ3) is 6.78. The standard InChI is InChI=1S/C31H52BN/c1-7-9-11-13-17-27-23-31(30-19-15-14-18-29(27)30)32(33(24(3)4)25(5)6)28-21-20-26(22-28)16-12-10-8-2/h8,14-15,18-19,24-28,31H,2,7,9-13,16-17,20-23H2,1,3-6H3. The zero-order valence-corrected chi connectivity index (χ0v) is 22.6. The molecule has 0 saturated heterocycles. The maximum absolute atomic E-state index is 3.94. The lowest BCUT2D eigenvalue weighted by atomic mass is 9.39. The van der Waals surface area contributed by atoms with Crippen molar-refractivity contribution in [2.75, 3.05) is 0 Å². The first-order valence-corrected chi connectivity index (χ1v) is 14.4. The highest BCUT2D eigenvalue weighted by atomic mass is 15.1. The van der Waals surface area contributed by atoms with Gasteiger partial charge in [0.05, 0.1) is 0 Å². The normalized spacial score (nSPS) is 24.7. The molecule has 1 aromatic carbocycles. The summed E-state index contributed by atoms with van der Waals surface area (Å²) in [4.78, 5) is 2.91. The number of nitrogens with zero attached hydrogens (tertiary/aromatic N) is 1. The summed E-state index contributed by atoms with van der Waals surface area (Å²) in [6.45, 7) is 16.7. The predicted molar refractivity (Wildman–Crippen MR) is 148 cm³/mol. The lowest BCUT2D eigenvalue weighted by Crippen LogP contribution is -2.53. The molecule has 2 aliphatic carbocycles. The van der Waals surface area contributed by atoms with Crippen molar-refractivity contribution in [2.24, 2.45) is 5.92 Å². The Morgan fingerprint density at radius 3 is 2.33 bits per heavy atom. The molecule has 3 rings (SSSR count). The molecule has 33 heavy (non-hydrogen) atoms. The molecular weight excluding hydrogens is 397 g/mol. The highest BCUT2D eigenvalue weighted by Crippen LogP contribution is 2.52. The first-order valence-electron chi connectivity index (χ1n) is 14.4. The first kappa shape index (κ1) is 26.6. The van der Waals surface area contributed by atoms with Crippen molar-refractivity contribution >= 4 is 6.85 Å². The van der Waals surface area contributed by atoms with Crippen LogP contribution in [0.3, 0.4) is 0 Å². The van der Waals surface area contributed by atoms with Gasteiger partial charge in [-0.25, -0.2) is 0 Å². The Bertz CT molecular complexity index is 703. The van der Waals surface area contributed by atoms with Crippen LogP contribution in [-0.2, 0) is 0 Å². The van der Waals surface area contributed by atoms with E-state index < -0.39 is 0 Å². The molecule has 0 bridgehead atoms. The second kappa shape index (κ2) is 13.2. The quantitative estimate of drug-likeness (QED) is 0.155. The van der Waals surface area contributed by atoms with E-state index in [0.717, 1.165) is 17.7 Å². The molecule has 0 spiro atoms. The van der Waals surface area contributed by atoms with Crippen LogP contribution in [0, 0.1) is 5.92 Å². The molecule has 1 fully saturated rings. The Morgan fingerprint density at radius 1 is 0.939 bits per heavy atom. The van der Waals surface area contributed by atoms with E-state index in [2.05, 4.69) is 76.4 Å². The van der Waals surface area contributed by atoms with Gasteiger partial charge in [-0.05, 0) is 72.4 Å². The summed E-state index contributed by atoms with van der Waals surface area (Å²) in [5.74, 6) is 3.26. The number of hydrogen-bond donors (Lipinski definition) is 0. The Kier molecular flexibility index (Phi) is 10.6. The number of fused-ring (bicyclic) bond motifs is 1. The predicted octanol–water partition coefficient (Wildman–Crippen LogP) is 9.40. The van der Waals surface area contributed by atoms with E-state index in [1.807, 2.05) is 0 Å². The minimum atomic E-state index is 0.602. The molecule has 1 nitrogen and oxygen atoms in total. The van der Waals surface area contributed by atoms with Gasteiger partial charge >= 0.3 is 0 Å². The molecule has 0 aromatic heterocycles. The van der Waals surface area contributed by atoms with Crippen LogP contribution in [0.1, 0.15) is 135 Å². The van der Waals surface area contributed by atoms with E-state index in [9.17, 15) is 0 Å². The zero-order chi connectivity index (χ0) is 23.8. The van der Waals surface area contributed by atoms with Crippen LogP contribution in [0.2, 0.25) is 5.82 Å². The fourth-order valence-electron chi connectivity index (χ4n) is 7.50. The average molecular weight is 450 g/mol. The minimum absolute atomic E-state index is 0.602. The SMILES string of the molecule is C=CCCCC1CCC(B(C2CC(CCCCCC)c3ccccc32)N(C(C)C)C(C)C)C1. The fraction of sp³-hybridized carbons (Fsp3) is 0.742. The van der Waals surface area contributed by atoms with Crippen molar-refractivity contribution < 1.29 is 0 Å². The molecule has 4 atom stereocenters. The number of rotatable bonds is 14. The summed E-state index contributed by atoms with van der Waals surface area (Å²) in [7, 11) is 0. The van der Waals surface area contributed by atoms with E-state index in [-0.39, 0.29) is 0 Å². The smallest absolute Gasteiger partial charge is 0.234 e. The number of hydrogen-bond acceptors (Lipinski definition) is 1. The highest BCUT2D eigenvalue weighted by Gasteiger charge is 2.47. The highest BCUT2D eigenvalue weighted by molar-refractivity contribution is 6.59. The van der Waals surface area contributed by atoms with E-state index >= 15 is 0 Å². The van der Waals surface area contributed by atoms with Crippen molar-refractivity contribution in [1.82, 2.24) is 4.81 Å². The van der Waals surface area contributed by atoms with Gasteiger partial charge < -0.3 is 4.81 Å². The molecule has 0 heterocycles. The van der Waals surface area contributed by atoms with Crippen molar-refractivity contribution in [2.45, 2.75) is 141 Å². The van der Waals surface area contributed by atoms with Gasteiger partial charge in [0.2, 0.25) is 6.85 Å². The van der Waals surface area contributed by atoms with Gasteiger partial charge in [0.1, 0.15) is 0 Å². The maximum atomic E-state index is 3.94. The zero-order valence-electron chi connectivity index (χ0n) is 22.6. The van der Waals surface area contributed by atoms with Crippen LogP contribution in [0.5, 0.6) is 0 Å². The molecule has 2 aliphatic rings. The van der Waals surface area contributed by atoms with E-state index in [1.165, 1.54) is 77.0 Å². The largest absolute Gasteiger partial charge is 0.337 e. The van der Waals surface area contributed by atoms with Gasteiger partial charge in [-0.2, -0.15) is 0 Å². The lowest BCUT2D eigenvalue weighted by molar-refractivity contribution is 0.289. The molecule has 1 saturated carbocycles. The molecule has 2 heteroatoms. The first-order chi connectivity index (χ1) is 16.0. The Labute approximate surface area is 206 Å². The summed E-state index contributed by atoms with van der Waals surface area (Å²) in [5, 5.41) is 0. The molecular formula is C31H52BN. The topological polar surface area (TPSA) is 3.24 Å². The number of unbranched alkanes of at least 4 members (excludes halogenated alkanes) is 4. The van der Waals surface area contributed by atoms with Crippen molar-refractivity contribution in [3.63, 3.8) is 0 Å². The van der Waals surface area contributed by atoms with Crippen LogP contribution in [0.25, 0.3) is 0 Å². The third-order valence-corrected chi connectivity index (χ3v) is 8.81. The second-order valence-electron chi connectivity index (χ2n) is 11.8. The lowest BCUT2D eigenvalue weighted by Gasteiger charge is -2.43. The molecule has 0 N–H and O–H groups in total. The van der Waals surface area contributed by atoms with Crippen LogP contribution < -0.4 is 0 Å². The third-order valence-electron chi connectivity index (χ3n) is 8.81. The summed E-state index contributed by atoms with van der Waals surface area (Å²) >= 11 is 0. The van der Waals surface area contributed by atoms with Crippen LogP contribution >= 0.6 is 0 Å². The van der Waals surface area contributed by atoms with Gasteiger partial charge in [-0.3, -0.25) is 0 Å². The number of benzene rings is 1. The molecule has 0 radical (unpaired) electrons. The average Bonchev–Trinajstić information content (AvgIpc) is 3.40. The maximum Gasteiger partial charge on any atom is 0.234 e. The molecule has 184 valence electrons. The Balaban J connectivity index is 1.83.